The fourth-order valence-corrected chi connectivity index (χ4v) is 2.58. The molecule has 0 heterocycles. The van der Waals surface area contributed by atoms with Gasteiger partial charge in [-0.2, -0.15) is 0 Å². The molecule has 0 aliphatic heterocycles. The zero-order chi connectivity index (χ0) is 16.0. The number of carbonyl (C=O) groups excluding carboxylic acids is 1. The first-order valence-corrected chi connectivity index (χ1v) is 7.48. The molecule has 0 saturated heterocycles. The lowest BCUT2D eigenvalue weighted by molar-refractivity contribution is -0.122. The van der Waals surface area contributed by atoms with Crippen molar-refractivity contribution >= 4 is 33.5 Å². The number of nitrogens with two attached hydrogens (primary N) is 1. The van der Waals surface area contributed by atoms with E-state index in [4.69, 9.17) is 27.2 Å². The Kier molecular flexibility index (Phi) is 6.09. The largest absolute Gasteiger partial charge is 0.478 e. The topological polar surface area (TPSA) is 136 Å². The molecule has 0 aliphatic carbocycles. The fraction of sp³-hybridized carbons (Fsp3) is 0.273. The minimum absolute atomic E-state index is 0.0540. The second-order valence-corrected chi connectivity index (χ2v) is 6.04. The summed E-state index contributed by atoms with van der Waals surface area (Å²) in [6.07, 6.45) is 0. The molecule has 0 fully saturated rings. The molecule has 0 spiro atoms. The van der Waals surface area contributed by atoms with Crippen LogP contribution in [0.1, 0.15) is 10.4 Å². The summed E-state index contributed by atoms with van der Waals surface area (Å²) >= 11 is 5.66. The molecule has 10 heteroatoms. The number of carboxylic acids is 1. The first-order valence-electron chi connectivity index (χ1n) is 5.62. The van der Waals surface area contributed by atoms with E-state index in [9.17, 15) is 18.0 Å². The van der Waals surface area contributed by atoms with Crippen molar-refractivity contribution in [1.29, 1.82) is 0 Å². The highest BCUT2D eigenvalue weighted by atomic mass is 35.5. The van der Waals surface area contributed by atoms with Crippen LogP contribution in [0.4, 0.5) is 0 Å². The Hall–Kier alpha value is -1.68. The lowest BCUT2D eigenvalue weighted by Gasteiger charge is -2.08. The highest BCUT2D eigenvalue weighted by Gasteiger charge is 2.17. The van der Waals surface area contributed by atoms with Gasteiger partial charge in [0.15, 0.2) is 0 Å². The molecular formula is C11H13ClN2O6S. The summed E-state index contributed by atoms with van der Waals surface area (Å²) in [5, 5.41) is 8.83. The number of aromatic carboxylic acids is 1. The minimum Gasteiger partial charge on any atom is -0.478 e. The van der Waals surface area contributed by atoms with E-state index in [1.807, 2.05) is 0 Å². The first-order chi connectivity index (χ1) is 9.74. The summed E-state index contributed by atoms with van der Waals surface area (Å²) < 4.78 is 30.8. The molecule has 0 unspecified atom stereocenters. The van der Waals surface area contributed by atoms with Gasteiger partial charge in [0.1, 0.15) is 6.61 Å². The van der Waals surface area contributed by atoms with Crippen LogP contribution in [0.25, 0.3) is 0 Å². The number of hydrogen-bond donors (Lipinski definition) is 3. The second kappa shape index (κ2) is 7.36. The van der Waals surface area contributed by atoms with Gasteiger partial charge in [-0.15, -0.1) is 0 Å². The van der Waals surface area contributed by atoms with E-state index in [0.717, 1.165) is 6.07 Å². The van der Waals surface area contributed by atoms with Crippen LogP contribution in [0.3, 0.4) is 0 Å². The van der Waals surface area contributed by atoms with Gasteiger partial charge >= 0.3 is 5.97 Å². The number of primary amides is 1. The van der Waals surface area contributed by atoms with Crippen molar-refractivity contribution in [2.45, 2.75) is 4.90 Å². The number of nitrogens with one attached hydrogen (secondary N) is 1. The average Bonchev–Trinajstić information content (AvgIpc) is 2.37. The number of rotatable bonds is 8. The Bertz CT molecular complexity index is 646. The number of hydrogen-bond acceptors (Lipinski definition) is 5. The number of halogens is 1. The smallest absolute Gasteiger partial charge is 0.337 e. The van der Waals surface area contributed by atoms with E-state index in [1.54, 1.807) is 0 Å². The lowest BCUT2D eigenvalue weighted by Crippen LogP contribution is -2.29. The first kappa shape index (κ1) is 17.4. The molecule has 1 aromatic carbocycles. The van der Waals surface area contributed by atoms with Gasteiger partial charge in [-0.25, -0.2) is 17.9 Å². The third-order valence-corrected chi connectivity index (χ3v) is 4.05. The predicted octanol–water partition coefficient (Wildman–Crippen LogP) is -0.182. The summed E-state index contributed by atoms with van der Waals surface area (Å²) in [6, 6.07) is 3.32. The molecule has 0 radical (unpaired) electrons. The van der Waals surface area contributed by atoms with Crippen LogP contribution < -0.4 is 10.5 Å². The predicted molar refractivity (Wildman–Crippen MR) is 73.6 cm³/mol. The molecular weight excluding hydrogens is 324 g/mol. The number of carboxylic acid groups (broad SMARTS) is 1. The zero-order valence-electron chi connectivity index (χ0n) is 10.7. The molecule has 4 N–H and O–H groups in total. The summed E-state index contributed by atoms with van der Waals surface area (Å²) in [4.78, 5) is 21.1. The van der Waals surface area contributed by atoms with Crippen molar-refractivity contribution in [3.8, 4) is 0 Å². The van der Waals surface area contributed by atoms with Gasteiger partial charge in [0.05, 0.1) is 22.1 Å². The van der Waals surface area contributed by atoms with Gasteiger partial charge in [0.25, 0.3) is 0 Å². The van der Waals surface area contributed by atoms with Crippen LogP contribution in [0.15, 0.2) is 23.1 Å². The van der Waals surface area contributed by atoms with Crippen molar-refractivity contribution in [3.63, 3.8) is 0 Å². The number of benzene rings is 1. The summed E-state index contributed by atoms with van der Waals surface area (Å²) in [5.74, 6) is -2.00. The third-order valence-electron chi connectivity index (χ3n) is 2.26. The molecule has 21 heavy (non-hydrogen) atoms. The highest BCUT2D eigenvalue weighted by Crippen LogP contribution is 2.20. The third kappa shape index (κ3) is 5.31. The van der Waals surface area contributed by atoms with Crippen LogP contribution in [-0.2, 0) is 19.6 Å². The van der Waals surface area contributed by atoms with Crippen LogP contribution in [0, 0.1) is 0 Å². The van der Waals surface area contributed by atoms with Crippen molar-refractivity contribution < 1.29 is 27.9 Å². The Morgan fingerprint density at radius 3 is 2.62 bits per heavy atom. The van der Waals surface area contributed by atoms with Crippen molar-refractivity contribution in [2.24, 2.45) is 5.73 Å². The van der Waals surface area contributed by atoms with Gasteiger partial charge in [0.2, 0.25) is 15.9 Å². The molecule has 0 atom stereocenters. The summed E-state index contributed by atoms with van der Waals surface area (Å²) in [7, 11) is -3.90. The maximum atomic E-state index is 11.9. The van der Waals surface area contributed by atoms with Crippen LogP contribution in [-0.4, -0.2) is 45.2 Å². The quantitative estimate of drug-likeness (QED) is 0.563. The van der Waals surface area contributed by atoms with Crippen LogP contribution in [0.2, 0.25) is 5.02 Å². The van der Waals surface area contributed by atoms with E-state index in [1.165, 1.54) is 12.1 Å². The maximum absolute atomic E-state index is 11.9. The fourth-order valence-electron chi connectivity index (χ4n) is 1.34. The Labute approximate surface area is 125 Å². The zero-order valence-corrected chi connectivity index (χ0v) is 12.3. The van der Waals surface area contributed by atoms with Gasteiger partial charge in [-0.3, -0.25) is 4.79 Å². The molecule has 1 rings (SSSR count). The van der Waals surface area contributed by atoms with Gasteiger partial charge in [-0.1, -0.05) is 11.6 Å². The standard InChI is InChI=1S/C11H13ClN2O6S/c12-9-2-1-7(5-8(9)11(16)17)21(18,19)14-3-4-20-6-10(13)15/h1-2,5,14H,3-4,6H2,(H2,13,15)(H,16,17). The molecule has 0 aliphatic rings. The van der Waals surface area contributed by atoms with Crippen molar-refractivity contribution in [2.75, 3.05) is 19.8 Å². The Balaban J connectivity index is 2.72. The number of ether oxygens (including phenoxy) is 1. The minimum atomic E-state index is -3.90. The SMILES string of the molecule is NC(=O)COCCNS(=O)(=O)c1ccc(Cl)c(C(=O)O)c1. The molecule has 1 amide bonds. The lowest BCUT2D eigenvalue weighted by atomic mass is 10.2. The normalized spacial score (nSPS) is 11.3. The van der Waals surface area contributed by atoms with Crippen molar-refractivity contribution in [3.05, 3.63) is 28.8 Å². The molecule has 1 aromatic rings. The van der Waals surface area contributed by atoms with Gasteiger partial charge in [-0.05, 0) is 18.2 Å². The van der Waals surface area contributed by atoms with Gasteiger partial charge < -0.3 is 15.6 Å². The molecule has 8 nitrogen and oxygen atoms in total. The van der Waals surface area contributed by atoms with E-state index in [0.29, 0.717) is 0 Å². The van der Waals surface area contributed by atoms with Crippen LogP contribution >= 0.6 is 11.6 Å². The van der Waals surface area contributed by atoms with Gasteiger partial charge in [0, 0.05) is 6.54 Å². The Morgan fingerprint density at radius 2 is 2.05 bits per heavy atom. The highest BCUT2D eigenvalue weighted by molar-refractivity contribution is 7.89. The Morgan fingerprint density at radius 1 is 1.38 bits per heavy atom. The van der Waals surface area contributed by atoms with E-state index < -0.39 is 21.9 Å². The molecule has 116 valence electrons. The van der Waals surface area contributed by atoms with E-state index in [-0.39, 0.29) is 35.2 Å². The number of sulfonamides is 1. The average molecular weight is 337 g/mol. The molecule has 0 saturated carbocycles. The maximum Gasteiger partial charge on any atom is 0.337 e. The van der Waals surface area contributed by atoms with E-state index >= 15 is 0 Å². The number of amides is 1. The summed E-state index contributed by atoms with van der Waals surface area (Å²) in [5.41, 5.74) is 4.52. The molecule has 0 aromatic heterocycles. The van der Waals surface area contributed by atoms with E-state index in [2.05, 4.69) is 4.72 Å². The number of carbonyl (C=O) groups is 2. The second-order valence-electron chi connectivity index (χ2n) is 3.86. The van der Waals surface area contributed by atoms with Crippen molar-refractivity contribution in [1.82, 2.24) is 4.72 Å². The van der Waals surface area contributed by atoms with Crippen LogP contribution in [0.5, 0.6) is 0 Å². The summed E-state index contributed by atoms with van der Waals surface area (Å²) in [6.45, 7) is -0.464. The monoisotopic (exact) mass is 336 g/mol. The molecule has 0 bridgehead atoms.